The van der Waals surface area contributed by atoms with E-state index in [4.69, 9.17) is 14.2 Å². The Bertz CT molecular complexity index is 982. The number of anilines is 1. The first kappa shape index (κ1) is 21.0. The number of benzene rings is 3. The van der Waals surface area contributed by atoms with Gasteiger partial charge in [-0.3, -0.25) is 0 Å². The Morgan fingerprint density at radius 3 is 2.33 bits per heavy atom. The summed E-state index contributed by atoms with van der Waals surface area (Å²) in [6.07, 6.45) is 1.44. The van der Waals surface area contributed by atoms with Crippen LogP contribution in [0, 0.1) is 0 Å². The maximum absolute atomic E-state index is 12.1. The lowest BCUT2D eigenvalue weighted by Crippen LogP contribution is -2.06. The van der Waals surface area contributed by atoms with E-state index in [0.717, 1.165) is 22.6 Å². The fourth-order valence-corrected chi connectivity index (χ4v) is 2.86. The summed E-state index contributed by atoms with van der Waals surface area (Å²) < 4.78 is 16.3. The van der Waals surface area contributed by atoms with Gasteiger partial charge in [0.1, 0.15) is 18.1 Å². The molecule has 0 saturated carbocycles. The van der Waals surface area contributed by atoms with Crippen molar-refractivity contribution in [2.45, 2.75) is 13.5 Å². The minimum Gasteiger partial charge on any atom is -0.495 e. The van der Waals surface area contributed by atoms with Gasteiger partial charge in [-0.2, -0.15) is 0 Å². The number of nitrogens with one attached hydrogen (secondary N) is 1. The van der Waals surface area contributed by atoms with E-state index in [0.29, 0.717) is 24.7 Å². The van der Waals surface area contributed by atoms with E-state index in [1.165, 1.54) is 6.08 Å². The predicted octanol–water partition coefficient (Wildman–Crippen LogP) is 5.29. The maximum Gasteiger partial charge on any atom is 0.332 e. The molecule has 3 aromatic carbocycles. The lowest BCUT2D eigenvalue weighted by molar-refractivity contribution is -0.137. The molecular formula is C25H25NO4. The van der Waals surface area contributed by atoms with Crippen LogP contribution in [-0.2, 0) is 16.1 Å². The van der Waals surface area contributed by atoms with Gasteiger partial charge in [-0.05, 0) is 54.4 Å². The van der Waals surface area contributed by atoms with Gasteiger partial charge in [0, 0.05) is 6.08 Å². The highest BCUT2D eigenvalue weighted by molar-refractivity contribution is 5.95. The Labute approximate surface area is 176 Å². The first-order valence-electron chi connectivity index (χ1n) is 9.75. The maximum atomic E-state index is 12.1. The number of ether oxygens (including phenoxy) is 3. The SMILES string of the molecule is CCOC(=O)/C=C(\Nc1ccccc1OC)c1ccc(OCc2ccccc2)cc1. The number of hydrogen-bond donors (Lipinski definition) is 1. The Hall–Kier alpha value is -3.73. The van der Waals surface area contributed by atoms with E-state index in [2.05, 4.69) is 5.32 Å². The molecule has 0 bridgehead atoms. The average molecular weight is 403 g/mol. The number of hydrogen-bond acceptors (Lipinski definition) is 5. The molecule has 0 radical (unpaired) electrons. The topological polar surface area (TPSA) is 56.8 Å². The lowest BCUT2D eigenvalue weighted by Gasteiger charge is -2.15. The van der Waals surface area contributed by atoms with Crippen molar-refractivity contribution in [2.24, 2.45) is 0 Å². The van der Waals surface area contributed by atoms with E-state index < -0.39 is 5.97 Å². The van der Waals surface area contributed by atoms with Crippen LogP contribution in [0.2, 0.25) is 0 Å². The first-order chi connectivity index (χ1) is 14.7. The second kappa shape index (κ2) is 10.7. The Morgan fingerprint density at radius 2 is 1.63 bits per heavy atom. The molecule has 3 rings (SSSR count). The number of para-hydroxylation sites is 2. The van der Waals surface area contributed by atoms with Crippen molar-refractivity contribution in [3.8, 4) is 11.5 Å². The molecule has 30 heavy (non-hydrogen) atoms. The van der Waals surface area contributed by atoms with Crippen LogP contribution in [0.15, 0.2) is 84.9 Å². The molecule has 1 N–H and O–H groups in total. The smallest absolute Gasteiger partial charge is 0.332 e. The molecule has 154 valence electrons. The Kier molecular flexibility index (Phi) is 7.50. The van der Waals surface area contributed by atoms with Crippen molar-refractivity contribution in [2.75, 3.05) is 19.0 Å². The van der Waals surface area contributed by atoms with E-state index >= 15 is 0 Å². The summed E-state index contributed by atoms with van der Waals surface area (Å²) in [6.45, 7) is 2.58. The van der Waals surface area contributed by atoms with Crippen LogP contribution in [0.3, 0.4) is 0 Å². The second-order valence-corrected chi connectivity index (χ2v) is 6.43. The zero-order chi connectivity index (χ0) is 21.2. The molecule has 0 aliphatic carbocycles. The van der Waals surface area contributed by atoms with E-state index in [1.54, 1.807) is 14.0 Å². The fraction of sp³-hybridized carbons (Fsp3) is 0.160. The quantitative estimate of drug-likeness (QED) is 0.389. The van der Waals surface area contributed by atoms with Gasteiger partial charge in [0.2, 0.25) is 0 Å². The molecule has 0 amide bonds. The van der Waals surface area contributed by atoms with Gasteiger partial charge in [-0.25, -0.2) is 4.79 Å². The molecule has 0 saturated heterocycles. The minimum atomic E-state index is -0.417. The molecule has 0 heterocycles. The predicted molar refractivity (Wildman–Crippen MR) is 118 cm³/mol. The molecule has 0 fully saturated rings. The number of rotatable bonds is 9. The van der Waals surface area contributed by atoms with Crippen molar-refractivity contribution < 1.29 is 19.0 Å². The summed E-state index contributed by atoms with van der Waals surface area (Å²) in [5.41, 5.74) is 3.27. The zero-order valence-electron chi connectivity index (χ0n) is 17.1. The van der Waals surface area contributed by atoms with Crippen molar-refractivity contribution in [1.82, 2.24) is 0 Å². The summed E-state index contributed by atoms with van der Waals surface area (Å²) in [5.74, 6) is 1.00. The van der Waals surface area contributed by atoms with Gasteiger partial charge in [0.05, 0.1) is 25.1 Å². The highest BCUT2D eigenvalue weighted by atomic mass is 16.5. The highest BCUT2D eigenvalue weighted by Gasteiger charge is 2.10. The summed E-state index contributed by atoms with van der Waals surface area (Å²) in [6, 6.07) is 25.0. The van der Waals surface area contributed by atoms with E-state index in [1.807, 2.05) is 78.9 Å². The normalized spacial score (nSPS) is 10.9. The Morgan fingerprint density at radius 1 is 0.933 bits per heavy atom. The van der Waals surface area contributed by atoms with Crippen LogP contribution in [0.4, 0.5) is 5.69 Å². The minimum absolute atomic E-state index is 0.309. The summed E-state index contributed by atoms with van der Waals surface area (Å²) in [5, 5.41) is 3.28. The summed E-state index contributed by atoms with van der Waals surface area (Å²) >= 11 is 0. The molecule has 3 aromatic rings. The largest absolute Gasteiger partial charge is 0.495 e. The van der Waals surface area contributed by atoms with Crippen molar-refractivity contribution in [3.63, 3.8) is 0 Å². The molecule has 0 atom stereocenters. The molecule has 0 unspecified atom stereocenters. The van der Waals surface area contributed by atoms with Crippen LogP contribution in [0.1, 0.15) is 18.1 Å². The molecule has 0 spiro atoms. The van der Waals surface area contributed by atoms with Crippen molar-refractivity contribution in [3.05, 3.63) is 96.1 Å². The average Bonchev–Trinajstić information content (AvgIpc) is 2.79. The zero-order valence-corrected chi connectivity index (χ0v) is 17.1. The van der Waals surface area contributed by atoms with E-state index in [9.17, 15) is 4.79 Å². The number of carbonyl (C=O) groups excluding carboxylic acids is 1. The number of esters is 1. The lowest BCUT2D eigenvalue weighted by atomic mass is 10.1. The molecule has 0 aromatic heterocycles. The van der Waals surface area contributed by atoms with Gasteiger partial charge < -0.3 is 19.5 Å². The van der Waals surface area contributed by atoms with E-state index in [-0.39, 0.29) is 0 Å². The molecule has 0 aliphatic heterocycles. The molecule has 0 aliphatic rings. The van der Waals surface area contributed by atoms with Crippen LogP contribution in [0.5, 0.6) is 11.5 Å². The third kappa shape index (κ3) is 5.88. The summed E-state index contributed by atoms with van der Waals surface area (Å²) in [7, 11) is 1.61. The van der Waals surface area contributed by atoms with Gasteiger partial charge in [0.25, 0.3) is 0 Å². The van der Waals surface area contributed by atoms with Crippen molar-refractivity contribution in [1.29, 1.82) is 0 Å². The fourth-order valence-electron chi connectivity index (χ4n) is 2.86. The Balaban J connectivity index is 1.79. The van der Waals surface area contributed by atoms with Gasteiger partial charge in [-0.15, -0.1) is 0 Å². The van der Waals surface area contributed by atoms with Gasteiger partial charge in [-0.1, -0.05) is 42.5 Å². The van der Waals surface area contributed by atoms with Gasteiger partial charge in [0.15, 0.2) is 0 Å². The van der Waals surface area contributed by atoms with Crippen LogP contribution >= 0.6 is 0 Å². The monoisotopic (exact) mass is 403 g/mol. The second-order valence-electron chi connectivity index (χ2n) is 6.43. The number of carbonyl (C=O) groups is 1. The van der Waals surface area contributed by atoms with Crippen LogP contribution < -0.4 is 14.8 Å². The standard InChI is InChI=1S/C25H25NO4/c1-3-29-25(27)17-23(26-22-11-7-8-12-24(22)28-2)20-13-15-21(16-14-20)30-18-19-9-5-4-6-10-19/h4-17,26H,3,18H2,1-2H3/b23-17-. The highest BCUT2D eigenvalue weighted by Crippen LogP contribution is 2.28. The molecular weight excluding hydrogens is 378 g/mol. The third-order valence-corrected chi connectivity index (χ3v) is 4.34. The molecule has 5 nitrogen and oxygen atoms in total. The van der Waals surface area contributed by atoms with Gasteiger partial charge >= 0.3 is 5.97 Å². The summed E-state index contributed by atoms with van der Waals surface area (Å²) in [4.78, 5) is 12.1. The van der Waals surface area contributed by atoms with Crippen LogP contribution in [-0.4, -0.2) is 19.7 Å². The third-order valence-electron chi connectivity index (χ3n) is 4.34. The number of methoxy groups -OCH3 is 1. The molecule has 5 heteroatoms. The van der Waals surface area contributed by atoms with Crippen LogP contribution in [0.25, 0.3) is 5.70 Å². The van der Waals surface area contributed by atoms with Crippen molar-refractivity contribution >= 4 is 17.4 Å². The first-order valence-corrected chi connectivity index (χ1v) is 9.75.